The summed E-state index contributed by atoms with van der Waals surface area (Å²) in [5.74, 6) is 0.741. The van der Waals surface area contributed by atoms with Gasteiger partial charge in [0.05, 0.1) is 0 Å². The maximum absolute atomic E-state index is 11.9. The number of rotatable bonds is 5. The van der Waals surface area contributed by atoms with Crippen molar-refractivity contribution in [3.05, 3.63) is 35.4 Å². The lowest BCUT2D eigenvalue weighted by Crippen LogP contribution is -2.31. The van der Waals surface area contributed by atoms with Crippen LogP contribution in [0.2, 0.25) is 0 Å². The van der Waals surface area contributed by atoms with E-state index in [1.165, 1.54) is 31.2 Å². The quantitative estimate of drug-likeness (QED) is 0.882. The molecule has 3 nitrogen and oxygen atoms in total. The van der Waals surface area contributed by atoms with E-state index in [0.717, 1.165) is 12.1 Å². The molecule has 0 spiro atoms. The van der Waals surface area contributed by atoms with E-state index in [1.54, 1.807) is 0 Å². The van der Waals surface area contributed by atoms with Gasteiger partial charge in [-0.25, -0.2) is 0 Å². The summed E-state index contributed by atoms with van der Waals surface area (Å²) in [5.41, 5.74) is 2.16. The maximum Gasteiger partial charge on any atom is 0.251 e. The lowest BCUT2D eigenvalue weighted by molar-refractivity contribution is 0.0951. The Morgan fingerprint density at radius 3 is 2.42 bits per heavy atom. The van der Waals surface area contributed by atoms with Gasteiger partial charge in [0.15, 0.2) is 0 Å². The number of hydrogen-bond acceptors (Lipinski definition) is 2. The number of amides is 1. The van der Waals surface area contributed by atoms with Crippen molar-refractivity contribution in [3.8, 4) is 0 Å². The van der Waals surface area contributed by atoms with E-state index >= 15 is 0 Å². The number of hydrogen-bond donors (Lipinski definition) is 1. The van der Waals surface area contributed by atoms with Gasteiger partial charge in [0.2, 0.25) is 0 Å². The van der Waals surface area contributed by atoms with Crippen LogP contribution in [0.15, 0.2) is 24.3 Å². The molecule has 0 bridgehead atoms. The predicted octanol–water partition coefficient (Wildman–Crippen LogP) is 2.64. The van der Waals surface area contributed by atoms with E-state index in [-0.39, 0.29) is 5.91 Å². The Hall–Kier alpha value is -1.35. The SMILES string of the molecule is CN(C)CCNC(=O)c1ccc(C2CCCC2)cc1. The van der Waals surface area contributed by atoms with Gasteiger partial charge in [-0.3, -0.25) is 4.79 Å². The van der Waals surface area contributed by atoms with Gasteiger partial charge in [-0.2, -0.15) is 0 Å². The molecule has 1 aliphatic carbocycles. The molecule has 0 aliphatic heterocycles. The second-order valence-electron chi connectivity index (χ2n) is 5.66. The fraction of sp³-hybridized carbons (Fsp3) is 0.562. The van der Waals surface area contributed by atoms with E-state index in [4.69, 9.17) is 0 Å². The van der Waals surface area contributed by atoms with Crippen LogP contribution in [-0.2, 0) is 0 Å². The summed E-state index contributed by atoms with van der Waals surface area (Å²) in [6, 6.07) is 8.16. The number of likely N-dealkylation sites (N-methyl/N-ethyl adjacent to an activating group) is 1. The smallest absolute Gasteiger partial charge is 0.251 e. The lowest BCUT2D eigenvalue weighted by atomic mass is 9.96. The minimum absolute atomic E-state index is 0.0276. The fourth-order valence-electron chi connectivity index (χ4n) is 2.66. The number of nitrogens with one attached hydrogen (secondary N) is 1. The molecule has 0 aromatic heterocycles. The normalized spacial score (nSPS) is 15.9. The molecule has 3 heteroatoms. The Balaban J connectivity index is 1.88. The highest BCUT2D eigenvalue weighted by molar-refractivity contribution is 5.94. The summed E-state index contributed by atoms with van der Waals surface area (Å²) < 4.78 is 0. The van der Waals surface area contributed by atoms with Crippen LogP contribution in [0.1, 0.15) is 47.5 Å². The van der Waals surface area contributed by atoms with Crippen molar-refractivity contribution < 1.29 is 4.79 Å². The van der Waals surface area contributed by atoms with Crippen molar-refractivity contribution in [1.29, 1.82) is 0 Å². The average Bonchev–Trinajstić information content (AvgIpc) is 2.92. The minimum Gasteiger partial charge on any atom is -0.351 e. The summed E-state index contributed by atoms with van der Waals surface area (Å²) in [5, 5.41) is 2.94. The van der Waals surface area contributed by atoms with Crippen molar-refractivity contribution >= 4 is 5.91 Å². The Morgan fingerprint density at radius 1 is 1.21 bits per heavy atom. The summed E-state index contributed by atoms with van der Waals surface area (Å²) in [7, 11) is 4.01. The first-order chi connectivity index (χ1) is 9.16. The van der Waals surface area contributed by atoms with Crippen LogP contribution in [-0.4, -0.2) is 38.0 Å². The number of carbonyl (C=O) groups is 1. The first kappa shape index (κ1) is 14.1. The topological polar surface area (TPSA) is 32.3 Å². The van der Waals surface area contributed by atoms with Crippen molar-refractivity contribution in [2.45, 2.75) is 31.6 Å². The van der Waals surface area contributed by atoms with E-state index in [1.807, 2.05) is 26.2 Å². The van der Waals surface area contributed by atoms with Crippen molar-refractivity contribution in [1.82, 2.24) is 10.2 Å². The predicted molar refractivity (Wildman–Crippen MR) is 78.5 cm³/mol. The highest BCUT2D eigenvalue weighted by Crippen LogP contribution is 2.33. The lowest BCUT2D eigenvalue weighted by Gasteiger charge is -2.12. The second kappa shape index (κ2) is 6.71. The monoisotopic (exact) mass is 260 g/mol. The van der Waals surface area contributed by atoms with Gasteiger partial charge >= 0.3 is 0 Å². The first-order valence-electron chi connectivity index (χ1n) is 7.19. The molecule has 0 saturated heterocycles. The van der Waals surface area contributed by atoms with Crippen molar-refractivity contribution in [2.75, 3.05) is 27.2 Å². The first-order valence-corrected chi connectivity index (χ1v) is 7.19. The average molecular weight is 260 g/mol. The van der Waals surface area contributed by atoms with Crippen LogP contribution in [0, 0.1) is 0 Å². The zero-order valence-electron chi connectivity index (χ0n) is 12.0. The van der Waals surface area contributed by atoms with Gasteiger partial charge in [-0.1, -0.05) is 25.0 Å². The molecule has 19 heavy (non-hydrogen) atoms. The number of benzene rings is 1. The van der Waals surface area contributed by atoms with E-state index in [0.29, 0.717) is 12.5 Å². The largest absolute Gasteiger partial charge is 0.351 e. The van der Waals surface area contributed by atoms with Crippen molar-refractivity contribution in [2.24, 2.45) is 0 Å². The molecule has 1 aromatic carbocycles. The Kier molecular flexibility index (Phi) is 4.97. The molecule has 1 N–H and O–H groups in total. The van der Waals surface area contributed by atoms with Gasteiger partial charge in [0.1, 0.15) is 0 Å². The molecule has 1 fully saturated rings. The van der Waals surface area contributed by atoms with E-state index < -0.39 is 0 Å². The molecule has 1 amide bonds. The van der Waals surface area contributed by atoms with Gasteiger partial charge < -0.3 is 10.2 Å². The van der Waals surface area contributed by atoms with Crippen LogP contribution >= 0.6 is 0 Å². The molecular formula is C16H24N2O. The Labute approximate surface area is 116 Å². The van der Waals surface area contributed by atoms with Crippen molar-refractivity contribution in [3.63, 3.8) is 0 Å². The summed E-state index contributed by atoms with van der Waals surface area (Å²) in [6.45, 7) is 1.56. The van der Waals surface area contributed by atoms with E-state index in [9.17, 15) is 4.79 Å². The molecule has 1 aromatic rings. The van der Waals surface area contributed by atoms with Crippen LogP contribution < -0.4 is 5.32 Å². The third kappa shape index (κ3) is 4.06. The molecule has 2 rings (SSSR count). The summed E-state index contributed by atoms with van der Waals surface area (Å²) >= 11 is 0. The highest BCUT2D eigenvalue weighted by atomic mass is 16.1. The Bertz CT molecular complexity index is 405. The standard InChI is InChI=1S/C16H24N2O/c1-18(2)12-11-17-16(19)15-9-7-14(8-10-15)13-5-3-4-6-13/h7-10,13H,3-6,11-12H2,1-2H3,(H,17,19). The zero-order valence-corrected chi connectivity index (χ0v) is 12.0. The zero-order chi connectivity index (χ0) is 13.7. The molecule has 104 valence electrons. The van der Waals surface area contributed by atoms with E-state index in [2.05, 4.69) is 22.3 Å². The maximum atomic E-state index is 11.9. The molecule has 0 radical (unpaired) electrons. The number of carbonyl (C=O) groups excluding carboxylic acids is 1. The summed E-state index contributed by atoms with van der Waals surface area (Å²) in [6.07, 6.45) is 5.29. The third-order valence-electron chi connectivity index (χ3n) is 3.84. The molecule has 0 atom stereocenters. The molecule has 1 saturated carbocycles. The van der Waals surface area contributed by atoms with Gasteiger partial charge in [-0.05, 0) is 50.6 Å². The molecule has 0 heterocycles. The molecule has 1 aliphatic rings. The van der Waals surface area contributed by atoms with Crippen LogP contribution in [0.5, 0.6) is 0 Å². The number of nitrogens with zero attached hydrogens (tertiary/aromatic N) is 1. The fourth-order valence-corrected chi connectivity index (χ4v) is 2.66. The second-order valence-corrected chi connectivity index (χ2v) is 5.66. The van der Waals surface area contributed by atoms with Crippen LogP contribution in [0.25, 0.3) is 0 Å². The van der Waals surface area contributed by atoms with Gasteiger partial charge in [0.25, 0.3) is 5.91 Å². The highest BCUT2D eigenvalue weighted by Gasteiger charge is 2.17. The molecular weight excluding hydrogens is 236 g/mol. The minimum atomic E-state index is 0.0276. The molecule has 0 unspecified atom stereocenters. The van der Waals surface area contributed by atoms with Crippen LogP contribution in [0.4, 0.5) is 0 Å². The van der Waals surface area contributed by atoms with Gasteiger partial charge in [0, 0.05) is 18.7 Å². The third-order valence-corrected chi connectivity index (χ3v) is 3.84. The van der Waals surface area contributed by atoms with Crippen LogP contribution in [0.3, 0.4) is 0 Å². The Morgan fingerprint density at radius 2 is 1.84 bits per heavy atom. The van der Waals surface area contributed by atoms with Gasteiger partial charge in [-0.15, -0.1) is 0 Å². The summed E-state index contributed by atoms with van der Waals surface area (Å²) in [4.78, 5) is 14.0.